The predicted octanol–water partition coefficient (Wildman–Crippen LogP) is 5.36. The summed E-state index contributed by atoms with van der Waals surface area (Å²) in [6.45, 7) is 10.0. The average molecular weight is 353 g/mol. The number of hydrogen-bond acceptors (Lipinski definition) is 4. The minimum absolute atomic E-state index is 0.116. The van der Waals surface area contributed by atoms with E-state index < -0.39 is 0 Å². The first-order valence-corrected chi connectivity index (χ1v) is 8.90. The molecule has 2 heterocycles. The minimum atomic E-state index is -0.158. The van der Waals surface area contributed by atoms with Crippen molar-refractivity contribution in [3.05, 3.63) is 64.6 Å². The van der Waals surface area contributed by atoms with Gasteiger partial charge < -0.3 is 4.52 Å². The molecule has 26 heavy (non-hydrogen) atoms. The van der Waals surface area contributed by atoms with E-state index in [1.54, 1.807) is 6.07 Å². The van der Waals surface area contributed by atoms with E-state index in [-0.39, 0.29) is 11.7 Å². The SMILES string of the molecule is Cc1noc(C)c1-c1ncc([C@H](C)Cc2cc(C(C)C)ccc2F)cn1. The maximum Gasteiger partial charge on any atom is 0.164 e. The summed E-state index contributed by atoms with van der Waals surface area (Å²) in [5, 5.41) is 3.94. The second kappa shape index (κ2) is 7.36. The molecule has 0 amide bonds. The fraction of sp³-hybridized carbons (Fsp3) is 0.381. The van der Waals surface area contributed by atoms with E-state index in [2.05, 4.69) is 35.9 Å². The normalized spacial score (nSPS) is 12.6. The summed E-state index contributed by atoms with van der Waals surface area (Å²) in [6, 6.07) is 5.39. The van der Waals surface area contributed by atoms with E-state index in [0.717, 1.165) is 27.9 Å². The molecule has 1 atom stereocenters. The van der Waals surface area contributed by atoms with Crippen molar-refractivity contribution in [3.63, 3.8) is 0 Å². The van der Waals surface area contributed by atoms with Crippen molar-refractivity contribution in [1.82, 2.24) is 15.1 Å². The van der Waals surface area contributed by atoms with Gasteiger partial charge in [0.15, 0.2) is 5.82 Å². The Bertz CT molecular complexity index is 881. The third-order valence-electron chi connectivity index (χ3n) is 4.76. The fourth-order valence-corrected chi connectivity index (χ4v) is 3.08. The lowest BCUT2D eigenvalue weighted by Crippen LogP contribution is -2.04. The molecular weight excluding hydrogens is 329 g/mol. The van der Waals surface area contributed by atoms with Crippen LogP contribution >= 0.6 is 0 Å². The number of hydrogen-bond donors (Lipinski definition) is 0. The van der Waals surface area contributed by atoms with Gasteiger partial charge in [0.1, 0.15) is 11.6 Å². The zero-order valence-corrected chi connectivity index (χ0v) is 15.9. The molecule has 1 aromatic carbocycles. The van der Waals surface area contributed by atoms with E-state index in [9.17, 15) is 4.39 Å². The van der Waals surface area contributed by atoms with E-state index in [1.807, 2.05) is 38.4 Å². The van der Waals surface area contributed by atoms with Crippen LogP contribution in [0.3, 0.4) is 0 Å². The first-order chi connectivity index (χ1) is 12.4. The Balaban J connectivity index is 1.81. The third-order valence-corrected chi connectivity index (χ3v) is 4.76. The van der Waals surface area contributed by atoms with Gasteiger partial charge in [-0.05, 0) is 54.9 Å². The average Bonchev–Trinajstić information content (AvgIpc) is 2.95. The van der Waals surface area contributed by atoms with Gasteiger partial charge in [0.25, 0.3) is 0 Å². The zero-order valence-electron chi connectivity index (χ0n) is 15.9. The van der Waals surface area contributed by atoms with Gasteiger partial charge in [-0.3, -0.25) is 0 Å². The van der Waals surface area contributed by atoms with E-state index in [1.165, 1.54) is 0 Å². The van der Waals surface area contributed by atoms with Crippen molar-refractivity contribution >= 4 is 0 Å². The van der Waals surface area contributed by atoms with Crippen LogP contribution < -0.4 is 0 Å². The molecule has 0 spiro atoms. The van der Waals surface area contributed by atoms with Gasteiger partial charge in [-0.25, -0.2) is 14.4 Å². The van der Waals surface area contributed by atoms with Gasteiger partial charge in [-0.15, -0.1) is 0 Å². The van der Waals surface area contributed by atoms with Crippen molar-refractivity contribution < 1.29 is 8.91 Å². The van der Waals surface area contributed by atoms with Crippen LogP contribution in [0.4, 0.5) is 4.39 Å². The van der Waals surface area contributed by atoms with Gasteiger partial charge in [-0.1, -0.05) is 38.1 Å². The summed E-state index contributed by atoms with van der Waals surface area (Å²) in [7, 11) is 0. The molecule has 0 aliphatic carbocycles. The highest BCUT2D eigenvalue weighted by Crippen LogP contribution is 2.27. The topological polar surface area (TPSA) is 51.8 Å². The van der Waals surface area contributed by atoms with E-state index in [4.69, 9.17) is 4.52 Å². The molecule has 0 bridgehead atoms. The van der Waals surface area contributed by atoms with Crippen LogP contribution in [0.5, 0.6) is 0 Å². The third kappa shape index (κ3) is 3.66. The highest BCUT2D eigenvalue weighted by Gasteiger charge is 2.16. The standard InChI is InChI=1S/C21H24FN3O/c1-12(2)16-6-7-19(22)17(9-16)8-13(3)18-10-23-21(24-11-18)20-14(4)25-26-15(20)5/h6-7,9-13H,8H2,1-5H3/t13-/m1/s1. The summed E-state index contributed by atoms with van der Waals surface area (Å²) >= 11 is 0. The summed E-state index contributed by atoms with van der Waals surface area (Å²) < 4.78 is 19.4. The number of aryl methyl sites for hydroxylation is 2. The molecule has 2 aromatic heterocycles. The number of benzene rings is 1. The van der Waals surface area contributed by atoms with Crippen molar-refractivity contribution in [1.29, 1.82) is 0 Å². The largest absolute Gasteiger partial charge is 0.361 e. The molecule has 0 N–H and O–H groups in total. The van der Waals surface area contributed by atoms with E-state index >= 15 is 0 Å². The molecule has 4 nitrogen and oxygen atoms in total. The van der Waals surface area contributed by atoms with Crippen LogP contribution in [-0.2, 0) is 6.42 Å². The Labute approximate surface area is 153 Å². The van der Waals surface area contributed by atoms with Crippen molar-refractivity contribution in [3.8, 4) is 11.4 Å². The van der Waals surface area contributed by atoms with Crippen molar-refractivity contribution in [2.24, 2.45) is 0 Å². The highest BCUT2D eigenvalue weighted by atomic mass is 19.1. The minimum Gasteiger partial charge on any atom is -0.361 e. The van der Waals surface area contributed by atoms with Crippen molar-refractivity contribution in [2.75, 3.05) is 0 Å². The van der Waals surface area contributed by atoms with Gasteiger partial charge in [-0.2, -0.15) is 0 Å². The van der Waals surface area contributed by atoms with Crippen LogP contribution in [0, 0.1) is 19.7 Å². The van der Waals surface area contributed by atoms with Gasteiger partial charge in [0.2, 0.25) is 0 Å². The maximum atomic E-state index is 14.2. The van der Waals surface area contributed by atoms with Crippen LogP contribution in [0.15, 0.2) is 35.1 Å². The molecule has 0 fully saturated rings. The van der Waals surface area contributed by atoms with Crippen LogP contribution in [0.2, 0.25) is 0 Å². The maximum absolute atomic E-state index is 14.2. The number of nitrogens with zero attached hydrogens (tertiary/aromatic N) is 3. The Morgan fingerprint density at radius 2 is 1.73 bits per heavy atom. The zero-order chi connectivity index (χ0) is 18.8. The van der Waals surface area contributed by atoms with Crippen LogP contribution in [0.25, 0.3) is 11.4 Å². The summed E-state index contributed by atoms with van der Waals surface area (Å²) in [5.41, 5.74) is 4.47. The van der Waals surface area contributed by atoms with E-state index in [0.29, 0.717) is 23.9 Å². The Morgan fingerprint density at radius 3 is 2.31 bits per heavy atom. The monoisotopic (exact) mass is 353 g/mol. The second-order valence-electron chi connectivity index (χ2n) is 7.15. The lowest BCUT2D eigenvalue weighted by Gasteiger charge is -2.14. The summed E-state index contributed by atoms with van der Waals surface area (Å²) in [4.78, 5) is 8.94. The summed E-state index contributed by atoms with van der Waals surface area (Å²) in [6.07, 6.45) is 4.23. The Kier molecular flexibility index (Phi) is 5.16. The molecule has 0 aliphatic heterocycles. The first-order valence-electron chi connectivity index (χ1n) is 8.90. The number of rotatable bonds is 5. The Hall–Kier alpha value is -2.56. The van der Waals surface area contributed by atoms with Gasteiger partial charge in [0, 0.05) is 12.4 Å². The molecule has 0 unspecified atom stereocenters. The molecule has 136 valence electrons. The fourth-order valence-electron chi connectivity index (χ4n) is 3.08. The highest BCUT2D eigenvalue weighted by molar-refractivity contribution is 5.59. The lowest BCUT2D eigenvalue weighted by atomic mass is 9.92. The molecule has 0 aliphatic rings. The smallest absolute Gasteiger partial charge is 0.164 e. The van der Waals surface area contributed by atoms with Crippen LogP contribution in [0.1, 0.15) is 60.8 Å². The molecule has 0 radical (unpaired) electrons. The molecule has 3 rings (SSSR count). The van der Waals surface area contributed by atoms with Crippen molar-refractivity contribution in [2.45, 2.75) is 52.9 Å². The molecule has 0 saturated carbocycles. The number of aromatic nitrogens is 3. The lowest BCUT2D eigenvalue weighted by molar-refractivity contribution is 0.393. The molecule has 3 aromatic rings. The Morgan fingerprint density at radius 1 is 1.04 bits per heavy atom. The summed E-state index contributed by atoms with van der Waals surface area (Å²) in [5.74, 6) is 1.64. The molecule has 5 heteroatoms. The van der Waals surface area contributed by atoms with Gasteiger partial charge in [0.05, 0.1) is 11.3 Å². The number of halogens is 1. The van der Waals surface area contributed by atoms with Crippen LogP contribution in [-0.4, -0.2) is 15.1 Å². The second-order valence-corrected chi connectivity index (χ2v) is 7.15. The molecular formula is C21H24FN3O. The van der Waals surface area contributed by atoms with Gasteiger partial charge >= 0.3 is 0 Å². The molecule has 0 saturated heterocycles. The quantitative estimate of drug-likeness (QED) is 0.620. The first kappa shape index (κ1) is 18.2. The predicted molar refractivity (Wildman–Crippen MR) is 99.6 cm³/mol.